The molecule has 17 nitrogen and oxygen atoms in total. The van der Waals surface area contributed by atoms with Crippen molar-refractivity contribution in [2.45, 2.75) is 332 Å². The summed E-state index contributed by atoms with van der Waals surface area (Å²) in [6, 6.07) is 33.9. The largest absolute Gasteiger partial charge is 0.353 e. The van der Waals surface area contributed by atoms with E-state index >= 15 is 0 Å². The Morgan fingerprint density at radius 1 is 0.243 bits per heavy atom. The first-order valence-corrected chi connectivity index (χ1v) is 51.3. The first-order valence-electron chi connectivity index (χ1n) is 51.3. The van der Waals surface area contributed by atoms with Gasteiger partial charge in [-0.1, -0.05) is 169 Å². The van der Waals surface area contributed by atoms with Crippen molar-refractivity contribution in [1.82, 2.24) is 79.5 Å². The van der Waals surface area contributed by atoms with Gasteiger partial charge < -0.3 is 39.9 Å². The van der Waals surface area contributed by atoms with E-state index < -0.39 is 0 Å². The molecule has 0 saturated heterocycles. The third-order valence-electron chi connectivity index (χ3n) is 24.1. The average Bonchev–Trinajstić information content (AvgIpc) is 1.74. The zero-order chi connectivity index (χ0) is 107. The fourth-order valence-electron chi connectivity index (χ4n) is 16.4. The Balaban J connectivity index is 0.000000762. The molecule has 0 radical (unpaired) electrons. The second-order valence-corrected chi connectivity index (χ2v) is 32.6. The Hall–Kier alpha value is -12.9. The van der Waals surface area contributed by atoms with Gasteiger partial charge in [0.05, 0.1) is 45.8 Å². The van der Waals surface area contributed by atoms with Gasteiger partial charge in [-0.05, 0) is 355 Å². The van der Waals surface area contributed by atoms with Crippen LogP contribution in [-0.4, -0.2) is 79.5 Å². The predicted octanol–water partition coefficient (Wildman–Crippen LogP) is 34.5. The molecule has 0 bridgehead atoms. The van der Waals surface area contributed by atoms with Crippen LogP contribution < -0.4 is 0 Å². The van der Waals surface area contributed by atoms with Crippen LogP contribution in [0.2, 0.25) is 0 Å². The lowest BCUT2D eigenvalue weighted by molar-refractivity contribution is 0.888. The number of fused-ring (bicyclic) bond motifs is 10. The lowest BCUT2D eigenvalue weighted by Gasteiger charge is -2.02. The van der Waals surface area contributed by atoms with Gasteiger partial charge in [0.25, 0.3) is 0 Å². The maximum Gasteiger partial charge on any atom is 0.137 e. The highest BCUT2D eigenvalue weighted by Gasteiger charge is 2.13. The van der Waals surface area contributed by atoms with Crippen LogP contribution >= 0.6 is 0 Å². The second kappa shape index (κ2) is 62.9. The average molecular weight is 1900 g/mol. The quantitative estimate of drug-likeness (QED) is 0.147. The number of nitrogens with zero attached hydrogens (tertiary/aromatic N) is 17. The van der Waals surface area contributed by atoms with Gasteiger partial charge >= 0.3 is 0 Å². The topological polar surface area (TPSA) is 135 Å². The Morgan fingerprint density at radius 3 is 1.16 bits per heavy atom. The van der Waals surface area contributed by atoms with Crippen LogP contribution in [0.4, 0.5) is 0 Å². The first-order chi connectivity index (χ1) is 67.0. The molecule has 760 valence electrons. The maximum atomic E-state index is 4.29. The van der Waals surface area contributed by atoms with Crippen molar-refractivity contribution in [3.05, 3.63) is 360 Å². The molecule has 0 atom stereocenters. The molecule has 20 aromatic rings. The van der Waals surface area contributed by atoms with Crippen molar-refractivity contribution in [2.24, 2.45) is 14.1 Å². The molecule has 0 aliphatic heterocycles. The monoisotopic (exact) mass is 1900 g/mol. The first kappa shape index (κ1) is 125. The minimum atomic E-state index is 1.05. The van der Waals surface area contributed by atoms with E-state index in [0.29, 0.717) is 0 Å². The summed E-state index contributed by atoms with van der Waals surface area (Å²) in [4.78, 5) is 25.3. The van der Waals surface area contributed by atoms with Crippen LogP contribution in [0.1, 0.15) is 296 Å². The summed E-state index contributed by atoms with van der Waals surface area (Å²) >= 11 is 0. The molecule has 0 saturated carbocycles. The maximum absolute atomic E-state index is 4.29. The molecule has 1 aromatic carbocycles. The van der Waals surface area contributed by atoms with E-state index in [1.54, 1.807) is 0 Å². The summed E-state index contributed by atoms with van der Waals surface area (Å²) in [5.74, 6) is 1.05. The van der Waals surface area contributed by atoms with Gasteiger partial charge in [-0.3, -0.25) is 15.0 Å². The fourth-order valence-corrected chi connectivity index (χ4v) is 16.4. The van der Waals surface area contributed by atoms with Crippen molar-refractivity contribution in [2.75, 3.05) is 0 Å². The second-order valence-electron chi connectivity index (χ2n) is 32.6. The third-order valence-corrected chi connectivity index (χ3v) is 24.1. The van der Waals surface area contributed by atoms with E-state index in [2.05, 4.69) is 391 Å². The molecular weight excluding hydrogens is 1720 g/mol. The van der Waals surface area contributed by atoms with Crippen molar-refractivity contribution < 1.29 is 0 Å². The van der Waals surface area contributed by atoms with Crippen molar-refractivity contribution in [1.29, 1.82) is 0 Å². The highest BCUT2D eigenvalue weighted by atomic mass is 15.2. The SMILES string of the molecule is CC.CC.CC.CC.CC.CC.CC.CC.CC.CC.Cc1cc2cccc(C)n2c1C.Cc1cc2ccnc(C)n2c1C.Cc1cc2cncc(C)n2c1C.Cc1cc2nccc(C)n2c1C.Cc1cccc2cn(C)c(C)c12.Cc1cn2cccc(C)c2c1C.Cc1cn2ccnc(C)c2c1C.Cc1cn2cncc(C)c2c1C.Cc1cn2nccc(C)c2c1C.Cc1nccc2cn(C)c(C)c12. The van der Waals surface area contributed by atoms with Gasteiger partial charge in [0.2, 0.25) is 0 Å². The van der Waals surface area contributed by atoms with E-state index in [-0.39, 0.29) is 0 Å². The van der Waals surface area contributed by atoms with Crippen LogP contribution in [0.3, 0.4) is 0 Å². The molecular formula is C123H183N17. The van der Waals surface area contributed by atoms with E-state index in [0.717, 1.165) is 22.9 Å². The molecule has 0 fully saturated rings. The lowest BCUT2D eigenvalue weighted by Crippen LogP contribution is -1.95. The molecule has 19 heterocycles. The smallest absolute Gasteiger partial charge is 0.137 e. The summed E-state index contributed by atoms with van der Waals surface area (Å²) in [5.41, 5.74) is 45.0. The molecule has 17 heteroatoms. The Kier molecular flexibility index (Phi) is 56.2. The van der Waals surface area contributed by atoms with E-state index in [1.807, 2.05) is 237 Å². The van der Waals surface area contributed by atoms with Crippen LogP contribution in [0.25, 0.3) is 65.8 Å². The van der Waals surface area contributed by atoms with Crippen molar-refractivity contribution in [3.63, 3.8) is 0 Å². The lowest BCUT2D eigenvalue weighted by atomic mass is 10.1. The van der Waals surface area contributed by atoms with Gasteiger partial charge in [0, 0.05) is 191 Å². The predicted molar refractivity (Wildman–Crippen MR) is 616 cm³/mol. The van der Waals surface area contributed by atoms with E-state index in [1.165, 1.54) is 200 Å². The minimum Gasteiger partial charge on any atom is -0.353 e. The van der Waals surface area contributed by atoms with Crippen molar-refractivity contribution in [3.8, 4) is 0 Å². The van der Waals surface area contributed by atoms with Crippen LogP contribution in [-0.2, 0) is 14.1 Å². The third kappa shape index (κ3) is 31.6. The Labute approximate surface area is 846 Å². The molecule has 19 aromatic heterocycles. The summed E-state index contributed by atoms with van der Waals surface area (Å²) in [5, 5.41) is 9.56. The van der Waals surface area contributed by atoms with Gasteiger partial charge in [-0.15, -0.1) is 0 Å². The summed E-state index contributed by atoms with van der Waals surface area (Å²) in [6.45, 7) is 99.4. The van der Waals surface area contributed by atoms with Crippen LogP contribution in [0, 0.1) is 194 Å². The number of aromatic nitrogens is 17. The highest BCUT2D eigenvalue weighted by molar-refractivity contribution is 5.89. The normalized spacial score (nSPS) is 9.79. The van der Waals surface area contributed by atoms with Crippen LogP contribution in [0.5, 0.6) is 0 Å². The summed E-state index contributed by atoms with van der Waals surface area (Å²) < 4.78 is 21.5. The number of hydrogen-bond acceptors (Lipinski definition) is 7. The fraction of sp³-hybridized carbons (Fsp3) is 0.407. The standard InChI is InChI=1S/3C11H13N.7C10H12N2.10C2H6/c1-8-7-11-6-4-5-9(2)12(11)10(8)3;1-8-5-4-6-10-7-12(3)9(2)11(8)10;1-8-5-4-6-12-7-9(2)10(3)11(8)12;1-7-4-11-6-12-5-8(2)9(3)10(7)12;1-7-4-10-6-11-5-8(2)12(10)9(7)3;1-7-10-8(2)12(3)6-9(10)4-5-11-7;1-7-6-12-5-4-11-9(3)10(12)8(7)2;1-7-6-10-4-5-11-9(3)12(10)8(7)2;1-7-6-10-11-5-4-8(2)12(10)9(7)3;1-7-4-5-11-12-6-8(2)9(3)10(7)12;10*1-2/h3*4-7H,1-3H3;7*4-6H,1-3H3;10*1-2H3. The minimum absolute atomic E-state index is 1.05. The zero-order valence-electron chi connectivity index (χ0n) is 96.7. The van der Waals surface area contributed by atoms with E-state index in [4.69, 9.17) is 0 Å². The number of rotatable bonds is 0. The number of aryl methyl sites for hydroxylation is 30. The highest BCUT2D eigenvalue weighted by Crippen LogP contribution is 2.28. The molecule has 0 aliphatic carbocycles. The molecule has 0 aliphatic rings. The Bertz CT molecular complexity index is 5660. The molecule has 0 spiro atoms. The number of benzene rings is 1. The number of pyridine rings is 3. The van der Waals surface area contributed by atoms with Crippen molar-refractivity contribution >= 4 is 65.8 Å². The van der Waals surface area contributed by atoms with Crippen LogP contribution in [0.15, 0.2) is 203 Å². The molecule has 0 N–H and O–H groups in total. The van der Waals surface area contributed by atoms with Gasteiger partial charge in [0.1, 0.15) is 11.5 Å². The molecule has 20 rings (SSSR count). The zero-order valence-corrected chi connectivity index (χ0v) is 96.7. The summed E-state index contributed by atoms with van der Waals surface area (Å²) in [7, 11) is 4.16. The summed E-state index contributed by atoms with van der Waals surface area (Å²) in [6.07, 6.45) is 33.7. The molecule has 0 unspecified atom stereocenters. The Morgan fingerprint density at radius 2 is 0.664 bits per heavy atom. The number of hydrogen-bond donors (Lipinski definition) is 0. The molecule has 0 amide bonds. The van der Waals surface area contributed by atoms with Gasteiger partial charge in [-0.25, -0.2) is 19.5 Å². The molecule has 140 heavy (non-hydrogen) atoms. The van der Waals surface area contributed by atoms with E-state index in [9.17, 15) is 0 Å². The van der Waals surface area contributed by atoms with Gasteiger partial charge in [0.15, 0.2) is 0 Å². The van der Waals surface area contributed by atoms with Gasteiger partial charge in [-0.2, -0.15) is 5.10 Å².